The van der Waals surface area contributed by atoms with E-state index in [-0.39, 0.29) is 11.0 Å². The van der Waals surface area contributed by atoms with Crippen LogP contribution in [0.2, 0.25) is 0 Å². The Hall–Kier alpha value is -1.26. The summed E-state index contributed by atoms with van der Waals surface area (Å²) in [5, 5.41) is 1.01. The van der Waals surface area contributed by atoms with Gasteiger partial charge in [-0.05, 0) is 26.0 Å². The molecule has 0 amide bonds. The Kier molecular flexibility index (Phi) is 3.49. The molecule has 2 rings (SSSR count). The molecule has 3 nitrogen and oxygen atoms in total. The standard InChI is InChI=1S/C15H21N3S/c1-14(2,3)11-12(15(4,5)16)19-13(18-11)10-6-8-17-9-7-10/h6-9H,16H2,1-5H3. The molecule has 102 valence electrons. The lowest BCUT2D eigenvalue weighted by Crippen LogP contribution is -2.31. The molecule has 0 saturated heterocycles. The van der Waals surface area contributed by atoms with Crippen LogP contribution in [0, 0.1) is 0 Å². The summed E-state index contributed by atoms with van der Waals surface area (Å²) < 4.78 is 0. The van der Waals surface area contributed by atoms with Crippen LogP contribution in [-0.4, -0.2) is 9.97 Å². The maximum absolute atomic E-state index is 6.30. The number of hydrogen-bond donors (Lipinski definition) is 1. The third kappa shape index (κ3) is 3.01. The lowest BCUT2D eigenvalue weighted by molar-refractivity contribution is 0.512. The minimum atomic E-state index is -0.369. The number of aromatic nitrogens is 2. The van der Waals surface area contributed by atoms with Gasteiger partial charge in [0, 0.05) is 33.8 Å². The normalized spacial score (nSPS) is 12.7. The molecule has 0 atom stereocenters. The Labute approximate surface area is 118 Å². The predicted molar refractivity (Wildman–Crippen MR) is 81.3 cm³/mol. The van der Waals surface area contributed by atoms with Crippen molar-refractivity contribution in [1.29, 1.82) is 0 Å². The molecule has 2 N–H and O–H groups in total. The van der Waals surface area contributed by atoms with Gasteiger partial charge >= 0.3 is 0 Å². The maximum Gasteiger partial charge on any atom is 0.124 e. The van der Waals surface area contributed by atoms with Crippen molar-refractivity contribution in [2.45, 2.75) is 45.6 Å². The van der Waals surface area contributed by atoms with E-state index in [4.69, 9.17) is 10.7 Å². The molecular weight excluding hydrogens is 254 g/mol. The summed E-state index contributed by atoms with van der Waals surface area (Å²) in [4.78, 5) is 10.0. The van der Waals surface area contributed by atoms with Crippen molar-refractivity contribution in [3.05, 3.63) is 35.1 Å². The van der Waals surface area contributed by atoms with E-state index in [0.717, 1.165) is 21.1 Å². The number of nitrogens with two attached hydrogens (primary N) is 1. The highest BCUT2D eigenvalue weighted by Gasteiger charge is 2.30. The van der Waals surface area contributed by atoms with Crippen LogP contribution in [0.3, 0.4) is 0 Å². The molecule has 0 aliphatic carbocycles. The third-order valence-corrected chi connectivity index (χ3v) is 4.29. The fourth-order valence-electron chi connectivity index (χ4n) is 1.88. The molecule has 19 heavy (non-hydrogen) atoms. The van der Waals surface area contributed by atoms with Crippen LogP contribution in [0.25, 0.3) is 10.6 Å². The zero-order valence-corrected chi connectivity index (χ0v) is 13.0. The van der Waals surface area contributed by atoms with Gasteiger partial charge in [-0.15, -0.1) is 11.3 Å². The van der Waals surface area contributed by atoms with E-state index >= 15 is 0 Å². The van der Waals surface area contributed by atoms with Crippen molar-refractivity contribution in [3.63, 3.8) is 0 Å². The molecule has 2 aromatic rings. The van der Waals surface area contributed by atoms with E-state index in [0.29, 0.717) is 0 Å². The van der Waals surface area contributed by atoms with Crippen LogP contribution in [0.4, 0.5) is 0 Å². The van der Waals surface area contributed by atoms with Crippen LogP contribution < -0.4 is 5.73 Å². The van der Waals surface area contributed by atoms with Gasteiger partial charge in [-0.3, -0.25) is 4.98 Å². The Morgan fingerprint density at radius 3 is 2.05 bits per heavy atom. The molecule has 0 bridgehead atoms. The minimum Gasteiger partial charge on any atom is -0.321 e. The minimum absolute atomic E-state index is 0.00620. The smallest absolute Gasteiger partial charge is 0.124 e. The van der Waals surface area contributed by atoms with E-state index in [9.17, 15) is 0 Å². The van der Waals surface area contributed by atoms with Crippen molar-refractivity contribution >= 4 is 11.3 Å². The van der Waals surface area contributed by atoms with Gasteiger partial charge in [-0.1, -0.05) is 20.8 Å². The lowest BCUT2D eigenvalue weighted by Gasteiger charge is -2.24. The maximum atomic E-state index is 6.30. The molecule has 0 aliphatic heterocycles. The summed E-state index contributed by atoms with van der Waals surface area (Å²) in [6, 6.07) is 3.97. The Morgan fingerprint density at radius 2 is 1.63 bits per heavy atom. The van der Waals surface area contributed by atoms with Crippen LogP contribution >= 0.6 is 11.3 Å². The molecule has 0 fully saturated rings. The van der Waals surface area contributed by atoms with Gasteiger partial charge in [-0.2, -0.15) is 0 Å². The van der Waals surface area contributed by atoms with E-state index in [1.165, 1.54) is 0 Å². The van der Waals surface area contributed by atoms with Gasteiger partial charge in [0.15, 0.2) is 0 Å². The number of pyridine rings is 1. The molecule has 0 unspecified atom stereocenters. The van der Waals surface area contributed by atoms with Gasteiger partial charge in [0.2, 0.25) is 0 Å². The van der Waals surface area contributed by atoms with E-state index in [1.54, 1.807) is 23.7 Å². The second-order valence-corrected chi connectivity index (χ2v) is 7.40. The number of nitrogens with zero attached hydrogens (tertiary/aromatic N) is 2. The highest BCUT2D eigenvalue weighted by Crippen LogP contribution is 2.38. The average Bonchev–Trinajstić information content (AvgIpc) is 2.74. The molecule has 0 spiro atoms. The first-order chi connectivity index (χ1) is 8.69. The Bertz CT molecular complexity index is 528. The molecule has 0 aliphatic rings. The number of hydrogen-bond acceptors (Lipinski definition) is 4. The first-order valence-electron chi connectivity index (χ1n) is 6.40. The largest absolute Gasteiger partial charge is 0.321 e. The topological polar surface area (TPSA) is 51.8 Å². The molecule has 0 aromatic carbocycles. The van der Waals surface area contributed by atoms with Gasteiger partial charge < -0.3 is 5.73 Å². The van der Waals surface area contributed by atoms with Gasteiger partial charge in [-0.25, -0.2) is 4.98 Å². The van der Waals surface area contributed by atoms with Crippen molar-refractivity contribution in [2.75, 3.05) is 0 Å². The van der Waals surface area contributed by atoms with Gasteiger partial charge in [0.05, 0.1) is 5.69 Å². The van der Waals surface area contributed by atoms with Gasteiger partial charge in [0.25, 0.3) is 0 Å². The highest BCUT2D eigenvalue weighted by atomic mass is 32.1. The zero-order valence-electron chi connectivity index (χ0n) is 12.2. The van der Waals surface area contributed by atoms with Crippen LogP contribution in [0.1, 0.15) is 45.2 Å². The fraction of sp³-hybridized carbons (Fsp3) is 0.467. The summed E-state index contributed by atoms with van der Waals surface area (Å²) in [7, 11) is 0. The first-order valence-corrected chi connectivity index (χ1v) is 7.22. The van der Waals surface area contributed by atoms with Crippen molar-refractivity contribution in [3.8, 4) is 10.6 Å². The second kappa shape index (κ2) is 4.69. The van der Waals surface area contributed by atoms with Gasteiger partial charge in [0.1, 0.15) is 5.01 Å². The fourth-order valence-corrected chi connectivity index (χ4v) is 3.18. The van der Waals surface area contributed by atoms with Crippen molar-refractivity contribution < 1.29 is 0 Å². The van der Waals surface area contributed by atoms with Crippen LogP contribution in [0.5, 0.6) is 0 Å². The Balaban J connectivity index is 2.59. The summed E-state index contributed by atoms with van der Waals surface area (Å²) in [5.41, 5.74) is 8.12. The summed E-state index contributed by atoms with van der Waals surface area (Å²) in [5.74, 6) is 0. The second-order valence-electron chi connectivity index (χ2n) is 6.40. The molecule has 4 heteroatoms. The number of thiazole rings is 1. The summed E-state index contributed by atoms with van der Waals surface area (Å²) in [6.07, 6.45) is 3.58. The molecular formula is C15H21N3S. The molecule has 0 radical (unpaired) electrons. The average molecular weight is 275 g/mol. The molecule has 2 heterocycles. The quantitative estimate of drug-likeness (QED) is 0.909. The summed E-state index contributed by atoms with van der Waals surface area (Å²) in [6.45, 7) is 10.6. The number of rotatable bonds is 2. The summed E-state index contributed by atoms with van der Waals surface area (Å²) >= 11 is 1.68. The van der Waals surface area contributed by atoms with E-state index in [2.05, 4.69) is 25.8 Å². The SMILES string of the molecule is CC(C)(C)c1nc(-c2ccncc2)sc1C(C)(C)N. The predicted octanol–water partition coefficient (Wildman–Crippen LogP) is 3.70. The van der Waals surface area contributed by atoms with E-state index in [1.807, 2.05) is 26.0 Å². The highest BCUT2D eigenvalue weighted by molar-refractivity contribution is 7.15. The molecule has 0 saturated carbocycles. The molecule has 2 aromatic heterocycles. The van der Waals surface area contributed by atoms with Crippen LogP contribution in [0.15, 0.2) is 24.5 Å². The monoisotopic (exact) mass is 275 g/mol. The first kappa shape index (κ1) is 14.2. The third-order valence-electron chi connectivity index (χ3n) is 2.85. The lowest BCUT2D eigenvalue weighted by atomic mass is 9.87. The zero-order chi connectivity index (χ0) is 14.3. The Morgan fingerprint density at radius 1 is 1.05 bits per heavy atom. The van der Waals surface area contributed by atoms with Crippen molar-refractivity contribution in [2.24, 2.45) is 5.73 Å². The van der Waals surface area contributed by atoms with Crippen LogP contribution in [-0.2, 0) is 11.0 Å². The van der Waals surface area contributed by atoms with Crippen molar-refractivity contribution in [1.82, 2.24) is 9.97 Å². The van der Waals surface area contributed by atoms with E-state index < -0.39 is 0 Å².